The average molecular weight is 398 g/mol. The monoisotopic (exact) mass is 398 g/mol. The number of carbonyl (C=O) groups excluding carboxylic acids is 4. The Balaban J connectivity index is 2.39. The lowest BCUT2D eigenvalue weighted by atomic mass is 9.67. The Morgan fingerprint density at radius 3 is 1.89 bits per heavy atom. The van der Waals surface area contributed by atoms with Crippen molar-refractivity contribution in [3.05, 3.63) is 0 Å². The van der Waals surface area contributed by atoms with Crippen LogP contribution in [0.2, 0.25) is 0 Å². The lowest BCUT2D eigenvalue weighted by molar-refractivity contribution is -0.172. The Labute approximate surface area is 165 Å². The highest BCUT2D eigenvalue weighted by Gasteiger charge is 2.62. The van der Waals surface area contributed by atoms with E-state index in [1.165, 1.54) is 7.11 Å². The molecule has 0 aromatic heterocycles. The third-order valence-corrected chi connectivity index (χ3v) is 5.94. The Morgan fingerprint density at radius 1 is 0.821 bits per heavy atom. The van der Waals surface area contributed by atoms with Crippen LogP contribution in [0.25, 0.3) is 0 Å². The summed E-state index contributed by atoms with van der Waals surface area (Å²) < 4.78 is 20.5. The largest absolute Gasteiger partial charge is 0.469 e. The first-order chi connectivity index (χ1) is 13.4. The molecule has 28 heavy (non-hydrogen) atoms. The summed E-state index contributed by atoms with van der Waals surface area (Å²) in [5.74, 6) is -4.05. The summed E-state index contributed by atoms with van der Waals surface area (Å²) in [7, 11) is 1.27. The second kappa shape index (κ2) is 9.39. The first-order valence-corrected chi connectivity index (χ1v) is 9.95. The van der Waals surface area contributed by atoms with Gasteiger partial charge >= 0.3 is 23.9 Å². The van der Waals surface area contributed by atoms with E-state index in [-0.39, 0.29) is 44.5 Å². The molecule has 0 spiro atoms. The van der Waals surface area contributed by atoms with Crippen LogP contribution in [-0.4, -0.2) is 50.8 Å². The molecule has 0 bridgehead atoms. The second-order valence-corrected chi connectivity index (χ2v) is 7.34. The standard InChI is InChI=1S/C20H30O8/c1-5-26-16(21)13-9-8-12-10-20(18(23)27-6-2,19(24)28-7-3)11-14(12)15(13)17(22)25-4/h12-15H,5-11H2,1-4H3/t12-,13-,14-,15-/m1/s1. The van der Waals surface area contributed by atoms with Gasteiger partial charge in [-0.2, -0.15) is 0 Å². The highest BCUT2D eigenvalue weighted by molar-refractivity contribution is 6.00. The number of methoxy groups -OCH3 is 1. The van der Waals surface area contributed by atoms with Gasteiger partial charge in [-0.3, -0.25) is 19.2 Å². The van der Waals surface area contributed by atoms with Crippen LogP contribution < -0.4 is 0 Å². The SMILES string of the molecule is CCOC(=O)[C@@H]1CC[C@@H]2CC(C(=O)OCC)(C(=O)OCC)C[C@H]2[C@@H]1C(=O)OC. The van der Waals surface area contributed by atoms with Gasteiger partial charge in [0, 0.05) is 0 Å². The third-order valence-electron chi connectivity index (χ3n) is 5.94. The fourth-order valence-corrected chi connectivity index (χ4v) is 4.80. The maximum absolute atomic E-state index is 12.8. The van der Waals surface area contributed by atoms with Crippen molar-refractivity contribution in [1.29, 1.82) is 0 Å². The lowest BCUT2D eigenvalue weighted by Crippen LogP contribution is -2.43. The van der Waals surface area contributed by atoms with Crippen LogP contribution in [0.3, 0.4) is 0 Å². The Hall–Kier alpha value is -2.12. The molecule has 0 heterocycles. The van der Waals surface area contributed by atoms with Gasteiger partial charge in [-0.15, -0.1) is 0 Å². The van der Waals surface area contributed by atoms with Gasteiger partial charge in [0.2, 0.25) is 0 Å². The van der Waals surface area contributed by atoms with E-state index in [9.17, 15) is 19.2 Å². The lowest BCUT2D eigenvalue weighted by Gasteiger charge is -2.36. The molecule has 0 aromatic rings. The highest BCUT2D eigenvalue weighted by Crippen LogP contribution is 2.56. The molecule has 0 aliphatic heterocycles. The zero-order valence-corrected chi connectivity index (χ0v) is 17.0. The summed E-state index contributed by atoms with van der Waals surface area (Å²) in [6.45, 7) is 5.55. The number of carbonyl (C=O) groups is 4. The van der Waals surface area contributed by atoms with Crippen LogP contribution in [0.15, 0.2) is 0 Å². The van der Waals surface area contributed by atoms with E-state index in [0.29, 0.717) is 12.8 Å². The van der Waals surface area contributed by atoms with Crippen molar-refractivity contribution < 1.29 is 38.1 Å². The van der Waals surface area contributed by atoms with Crippen LogP contribution in [0, 0.1) is 29.1 Å². The number of rotatable bonds is 7. The molecule has 0 unspecified atom stereocenters. The molecule has 0 N–H and O–H groups in total. The summed E-state index contributed by atoms with van der Waals surface area (Å²) in [4.78, 5) is 50.5. The van der Waals surface area contributed by atoms with E-state index in [1.54, 1.807) is 20.8 Å². The normalized spacial score (nSPS) is 28.0. The van der Waals surface area contributed by atoms with E-state index < -0.39 is 41.1 Å². The molecular formula is C20H30O8. The maximum atomic E-state index is 12.8. The van der Waals surface area contributed by atoms with Crippen LogP contribution in [0.1, 0.15) is 46.5 Å². The fraction of sp³-hybridized carbons (Fsp3) is 0.800. The minimum Gasteiger partial charge on any atom is -0.469 e. The Morgan fingerprint density at radius 2 is 1.39 bits per heavy atom. The van der Waals surface area contributed by atoms with Crippen LogP contribution in [0.4, 0.5) is 0 Å². The predicted molar refractivity (Wildman–Crippen MR) is 96.8 cm³/mol. The minimum absolute atomic E-state index is 0.0800. The highest BCUT2D eigenvalue weighted by atomic mass is 16.6. The molecule has 0 aromatic carbocycles. The van der Waals surface area contributed by atoms with Gasteiger partial charge in [0.1, 0.15) is 0 Å². The van der Waals surface area contributed by atoms with Gasteiger partial charge in [0.15, 0.2) is 5.41 Å². The van der Waals surface area contributed by atoms with E-state index in [0.717, 1.165) is 0 Å². The Bertz CT molecular complexity index is 595. The molecule has 2 rings (SSSR count). The first-order valence-electron chi connectivity index (χ1n) is 9.95. The summed E-state index contributed by atoms with van der Waals surface area (Å²) in [6, 6.07) is 0. The van der Waals surface area contributed by atoms with Gasteiger partial charge in [0.25, 0.3) is 0 Å². The van der Waals surface area contributed by atoms with Gasteiger partial charge in [0.05, 0.1) is 38.8 Å². The quantitative estimate of drug-likeness (QED) is 0.364. The van der Waals surface area contributed by atoms with Gasteiger partial charge in [-0.1, -0.05) is 0 Å². The zero-order valence-electron chi connectivity index (χ0n) is 17.0. The number of fused-ring (bicyclic) bond motifs is 1. The van der Waals surface area contributed by atoms with Gasteiger partial charge in [-0.05, 0) is 58.3 Å². The molecule has 8 nitrogen and oxygen atoms in total. The van der Waals surface area contributed by atoms with E-state index in [4.69, 9.17) is 18.9 Å². The molecule has 2 aliphatic rings. The zero-order chi connectivity index (χ0) is 20.9. The van der Waals surface area contributed by atoms with Crippen molar-refractivity contribution in [2.75, 3.05) is 26.9 Å². The summed E-state index contributed by atoms with van der Waals surface area (Å²) >= 11 is 0. The van der Waals surface area contributed by atoms with E-state index in [1.807, 2.05) is 0 Å². The third kappa shape index (κ3) is 4.00. The number of esters is 4. The molecule has 2 aliphatic carbocycles. The number of ether oxygens (including phenoxy) is 4. The van der Waals surface area contributed by atoms with Crippen LogP contribution >= 0.6 is 0 Å². The predicted octanol–water partition coefficient (Wildman–Crippen LogP) is 1.89. The molecule has 158 valence electrons. The van der Waals surface area contributed by atoms with E-state index in [2.05, 4.69) is 0 Å². The summed E-state index contributed by atoms with van der Waals surface area (Å²) in [6.07, 6.45) is 1.41. The number of hydrogen-bond acceptors (Lipinski definition) is 8. The fourth-order valence-electron chi connectivity index (χ4n) is 4.80. The van der Waals surface area contributed by atoms with Crippen LogP contribution in [0.5, 0.6) is 0 Å². The molecule has 0 amide bonds. The summed E-state index contributed by atoms with van der Waals surface area (Å²) in [5.41, 5.74) is -1.45. The maximum Gasteiger partial charge on any atom is 0.323 e. The molecule has 2 fully saturated rings. The average Bonchev–Trinajstić information content (AvgIpc) is 3.08. The van der Waals surface area contributed by atoms with Crippen molar-refractivity contribution >= 4 is 23.9 Å². The minimum atomic E-state index is -1.45. The van der Waals surface area contributed by atoms with Gasteiger partial charge < -0.3 is 18.9 Å². The molecular weight excluding hydrogens is 368 g/mol. The topological polar surface area (TPSA) is 105 Å². The second-order valence-electron chi connectivity index (χ2n) is 7.34. The van der Waals surface area contributed by atoms with E-state index >= 15 is 0 Å². The van der Waals surface area contributed by atoms with Crippen molar-refractivity contribution in [2.45, 2.75) is 46.5 Å². The van der Waals surface area contributed by atoms with Crippen LogP contribution in [-0.2, 0) is 38.1 Å². The number of hydrogen-bond donors (Lipinski definition) is 0. The van der Waals surface area contributed by atoms with Crippen molar-refractivity contribution in [2.24, 2.45) is 29.1 Å². The molecule has 0 saturated heterocycles. The van der Waals surface area contributed by atoms with Crippen molar-refractivity contribution in [3.8, 4) is 0 Å². The summed E-state index contributed by atoms with van der Waals surface area (Å²) in [5, 5.41) is 0. The first kappa shape index (κ1) is 22.2. The van der Waals surface area contributed by atoms with Gasteiger partial charge in [-0.25, -0.2) is 0 Å². The molecule has 8 heteroatoms. The van der Waals surface area contributed by atoms with Crippen molar-refractivity contribution in [3.63, 3.8) is 0 Å². The molecule has 4 atom stereocenters. The van der Waals surface area contributed by atoms with Crippen molar-refractivity contribution in [1.82, 2.24) is 0 Å². The molecule has 2 saturated carbocycles. The molecule has 0 radical (unpaired) electrons. The Kier molecular flexibility index (Phi) is 7.43. The smallest absolute Gasteiger partial charge is 0.323 e.